The lowest BCUT2D eigenvalue weighted by molar-refractivity contribution is 0.0698. The Morgan fingerprint density at radius 1 is 1.04 bits per heavy atom. The van der Waals surface area contributed by atoms with Gasteiger partial charge in [-0.05, 0) is 54.6 Å². The third-order valence-electron chi connectivity index (χ3n) is 4.13. The van der Waals surface area contributed by atoms with Crippen LogP contribution in [0.5, 0.6) is 0 Å². The lowest BCUT2D eigenvalue weighted by Gasteiger charge is -2.19. The lowest BCUT2D eigenvalue weighted by Crippen LogP contribution is -2.11. The number of hydrogen-bond acceptors (Lipinski definition) is 5. The van der Waals surface area contributed by atoms with Gasteiger partial charge in [0.25, 0.3) is 0 Å². The number of rotatable bonds is 5. The maximum absolute atomic E-state index is 12.6. The number of nitrogens with two attached hydrogens (primary N) is 1. The van der Waals surface area contributed by atoms with Crippen molar-refractivity contribution in [1.82, 2.24) is 4.98 Å². The van der Waals surface area contributed by atoms with Crippen LogP contribution in [0.1, 0.15) is 26.4 Å². The second-order valence-corrected chi connectivity index (χ2v) is 6.31. The van der Waals surface area contributed by atoms with Gasteiger partial charge in [-0.1, -0.05) is 11.6 Å². The van der Waals surface area contributed by atoms with Crippen molar-refractivity contribution in [3.05, 3.63) is 82.6 Å². The standard InChI is InChI=1S/C20H16ClN3O3/c1-24(14-5-3-13(21)4-6-14)15-7-9-18(23-11-15)19(25)12-2-8-17(22)16(10-12)20(26)27/h2-11H,22H2,1H3,(H,26,27). The first-order chi connectivity index (χ1) is 12.9. The molecule has 0 spiro atoms. The van der Waals surface area contributed by atoms with Gasteiger partial charge in [0.2, 0.25) is 5.78 Å². The number of halogens is 1. The number of carbonyl (C=O) groups excluding carboxylic acids is 1. The molecule has 7 heteroatoms. The van der Waals surface area contributed by atoms with E-state index in [1.807, 2.05) is 24.1 Å². The van der Waals surface area contributed by atoms with Crippen molar-refractivity contribution in [3.8, 4) is 0 Å². The molecule has 0 saturated heterocycles. The highest BCUT2D eigenvalue weighted by Gasteiger charge is 2.16. The molecule has 3 rings (SSSR count). The Labute approximate surface area is 160 Å². The van der Waals surface area contributed by atoms with Crippen LogP contribution in [-0.2, 0) is 0 Å². The van der Waals surface area contributed by atoms with Crippen molar-refractivity contribution in [3.63, 3.8) is 0 Å². The summed E-state index contributed by atoms with van der Waals surface area (Å²) < 4.78 is 0. The Hall–Kier alpha value is -3.38. The zero-order valence-corrected chi connectivity index (χ0v) is 15.1. The quantitative estimate of drug-likeness (QED) is 0.512. The zero-order chi connectivity index (χ0) is 19.6. The molecule has 1 aromatic heterocycles. The molecule has 0 aliphatic rings. The van der Waals surface area contributed by atoms with Crippen molar-refractivity contribution in [1.29, 1.82) is 0 Å². The molecule has 0 saturated carbocycles. The molecule has 0 aliphatic carbocycles. The molecule has 6 nitrogen and oxygen atoms in total. The van der Waals surface area contributed by atoms with E-state index >= 15 is 0 Å². The van der Waals surface area contributed by atoms with E-state index in [4.69, 9.17) is 22.4 Å². The van der Waals surface area contributed by atoms with Gasteiger partial charge >= 0.3 is 5.97 Å². The number of carbonyl (C=O) groups is 2. The van der Waals surface area contributed by atoms with E-state index in [2.05, 4.69) is 4.98 Å². The molecular weight excluding hydrogens is 366 g/mol. The highest BCUT2D eigenvalue weighted by Crippen LogP contribution is 2.25. The first kappa shape index (κ1) is 18.4. The van der Waals surface area contributed by atoms with Gasteiger partial charge in [-0.15, -0.1) is 0 Å². The van der Waals surface area contributed by atoms with Gasteiger partial charge < -0.3 is 15.7 Å². The fourth-order valence-corrected chi connectivity index (χ4v) is 2.69. The molecule has 2 aromatic carbocycles. The van der Waals surface area contributed by atoms with Crippen molar-refractivity contribution >= 4 is 40.4 Å². The maximum atomic E-state index is 12.6. The highest BCUT2D eigenvalue weighted by atomic mass is 35.5. The fourth-order valence-electron chi connectivity index (χ4n) is 2.56. The SMILES string of the molecule is CN(c1ccc(Cl)cc1)c1ccc(C(=O)c2ccc(N)c(C(=O)O)c2)nc1. The number of nitrogens with zero attached hydrogens (tertiary/aromatic N) is 2. The van der Waals surface area contributed by atoms with Crippen LogP contribution in [0.15, 0.2) is 60.8 Å². The molecule has 3 N–H and O–H groups in total. The average molecular weight is 382 g/mol. The van der Waals surface area contributed by atoms with Crippen LogP contribution in [0, 0.1) is 0 Å². The Kier molecular flexibility index (Phi) is 5.09. The first-order valence-electron chi connectivity index (χ1n) is 7.99. The number of aromatic nitrogens is 1. The Bertz CT molecular complexity index is 1000. The number of hydrogen-bond donors (Lipinski definition) is 2. The molecular formula is C20H16ClN3O3. The van der Waals surface area contributed by atoms with E-state index in [0.717, 1.165) is 11.4 Å². The summed E-state index contributed by atoms with van der Waals surface area (Å²) >= 11 is 5.90. The van der Waals surface area contributed by atoms with Gasteiger partial charge in [-0.25, -0.2) is 4.79 Å². The summed E-state index contributed by atoms with van der Waals surface area (Å²) in [6.07, 6.45) is 1.58. The number of pyridine rings is 1. The van der Waals surface area contributed by atoms with Gasteiger partial charge in [0.15, 0.2) is 0 Å². The lowest BCUT2D eigenvalue weighted by atomic mass is 10.0. The minimum atomic E-state index is -1.19. The summed E-state index contributed by atoms with van der Waals surface area (Å²) in [5.41, 5.74) is 7.76. The minimum absolute atomic E-state index is 0.104. The highest BCUT2D eigenvalue weighted by molar-refractivity contribution is 6.30. The van der Waals surface area contributed by atoms with Crippen molar-refractivity contribution in [2.45, 2.75) is 0 Å². The van der Waals surface area contributed by atoms with E-state index in [1.54, 1.807) is 30.5 Å². The molecule has 0 atom stereocenters. The predicted octanol–water partition coefficient (Wildman–Crippen LogP) is 4.01. The third-order valence-corrected chi connectivity index (χ3v) is 4.38. The average Bonchev–Trinajstić information content (AvgIpc) is 2.68. The number of aromatic carboxylic acids is 1. The molecule has 0 amide bonds. The molecule has 0 bridgehead atoms. The van der Waals surface area contributed by atoms with E-state index in [0.29, 0.717) is 5.02 Å². The number of ketones is 1. The molecule has 1 heterocycles. The van der Waals surface area contributed by atoms with Gasteiger partial charge in [-0.2, -0.15) is 0 Å². The molecule has 3 aromatic rings. The predicted molar refractivity (Wildman–Crippen MR) is 105 cm³/mol. The molecule has 27 heavy (non-hydrogen) atoms. The second-order valence-electron chi connectivity index (χ2n) is 5.87. The molecule has 0 aliphatic heterocycles. The van der Waals surface area contributed by atoms with Crippen LogP contribution >= 0.6 is 11.6 Å². The van der Waals surface area contributed by atoms with Gasteiger partial charge in [0.05, 0.1) is 17.4 Å². The van der Waals surface area contributed by atoms with Crippen molar-refractivity contribution in [2.75, 3.05) is 17.7 Å². The van der Waals surface area contributed by atoms with Gasteiger partial charge in [-0.3, -0.25) is 9.78 Å². The first-order valence-corrected chi connectivity index (χ1v) is 8.37. The van der Waals surface area contributed by atoms with E-state index in [1.165, 1.54) is 18.2 Å². The third kappa shape index (κ3) is 3.91. The van der Waals surface area contributed by atoms with Crippen LogP contribution in [0.25, 0.3) is 0 Å². The Balaban J connectivity index is 1.84. The number of benzene rings is 2. The number of anilines is 3. The summed E-state index contributed by atoms with van der Waals surface area (Å²) in [5.74, 6) is -1.56. The monoisotopic (exact) mass is 381 g/mol. The van der Waals surface area contributed by atoms with Crippen LogP contribution in [0.4, 0.5) is 17.1 Å². The molecule has 0 radical (unpaired) electrons. The fraction of sp³-hybridized carbons (Fsp3) is 0.0500. The summed E-state index contributed by atoms with van der Waals surface area (Å²) in [4.78, 5) is 29.9. The molecule has 0 fully saturated rings. The van der Waals surface area contributed by atoms with Crippen molar-refractivity contribution in [2.24, 2.45) is 0 Å². The van der Waals surface area contributed by atoms with Gasteiger partial charge in [0, 0.05) is 29.0 Å². The normalized spacial score (nSPS) is 10.4. The largest absolute Gasteiger partial charge is 0.478 e. The van der Waals surface area contributed by atoms with Crippen LogP contribution in [0.3, 0.4) is 0 Å². The number of nitrogen functional groups attached to an aromatic ring is 1. The smallest absolute Gasteiger partial charge is 0.337 e. The maximum Gasteiger partial charge on any atom is 0.337 e. The Morgan fingerprint density at radius 2 is 1.70 bits per heavy atom. The topological polar surface area (TPSA) is 96.5 Å². The Morgan fingerprint density at radius 3 is 2.30 bits per heavy atom. The van der Waals surface area contributed by atoms with E-state index in [-0.39, 0.29) is 28.3 Å². The second kappa shape index (κ2) is 7.47. The summed E-state index contributed by atoms with van der Waals surface area (Å²) in [6, 6.07) is 14.9. The van der Waals surface area contributed by atoms with Crippen molar-refractivity contribution < 1.29 is 14.7 Å². The molecule has 136 valence electrons. The van der Waals surface area contributed by atoms with Crippen LogP contribution in [0.2, 0.25) is 5.02 Å². The number of carboxylic acid groups (broad SMARTS) is 1. The summed E-state index contributed by atoms with van der Waals surface area (Å²) in [6.45, 7) is 0. The summed E-state index contributed by atoms with van der Waals surface area (Å²) in [5, 5.41) is 9.79. The summed E-state index contributed by atoms with van der Waals surface area (Å²) in [7, 11) is 1.88. The van der Waals surface area contributed by atoms with Crippen LogP contribution in [-0.4, -0.2) is 28.9 Å². The van der Waals surface area contributed by atoms with Gasteiger partial charge in [0.1, 0.15) is 5.69 Å². The van der Waals surface area contributed by atoms with Crippen LogP contribution < -0.4 is 10.6 Å². The minimum Gasteiger partial charge on any atom is -0.478 e. The number of carboxylic acids is 1. The van der Waals surface area contributed by atoms with E-state index < -0.39 is 5.97 Å². The zero-order valence-electron chi connectivity index (χ0n) is 14.4. The van der Waals surface area contributed by atoms with E-state index in [9.17, 15) is 9.59 Å². The molecule has 0 unspecified atom stereocenters.